The van der Waals surface area contributed by atoms with Gasteiger partial charge in [-0.15, -0.1) is 0 Å². The van der Waals surface area contributed by atoms with Crippen molar-refractivity contribution >= 4 is 34.6 Å². The Balaban J connectivity index is 2.45. The Hall–Kier alpha value is -2.34. The molecule has 7 heteroatoms. The van der Waals surface area contributed by atoms with Gasteiger partial charge in [0.25, 0.3) is 0 Å². The van der Waals surface area contributed by atoms with Crippen LogP contribution in [-0.2, 0) is 0 Å². The summed E-state index contributed by atoms with van der Waals surface area (Å²) in [6.45, 7) is 1.91. The Labute approximate surface area is 120 Å². The van der Waals surface area contributed by atoms with E-state index < -0.39 is 4.92 Å². The van der Waals surface area contributed by atoms with Crippen LogP contribution in [0.4, 0.5) is 23.0 Å². The van der Waals surface area contributed by atoms with Gasteiger partial charge in [-0.1, -0.05) is 17.7 Å². The van der Waals surface area contributed by atoms with Crippen LogP contribution in [0.2, 0.25) is 5.02 Å². The predicted octanol–water partition coefficient (Wildman–Crippen LogP) is 3.74. The Morgan fingerprint density at radius 1 is 1.30 bits per heavy atom. The number of rotatable bonds is 4. The van der Waals surface area contributed by atoms with Crippen molar-refractivity contribution in [3.05, 3.63) is 51.0 Å². The van der Waals surface area contributed by atoms with Gasteiger partial charge in [0.05, 0.1) is 15.6 Å². The van der Waals surface area contributed by atoms with E-state index >= 15 is 0 Å². The van der Waals surface area contributed by atoms with Crippen LogP contribution >= 0.6 is 11.6 Å². The molecule has 0 fully saturated rings. The van der Waals surface area contributed by atoms with Crippen LogP contribution < -0.4 is 10.6 Å². The monoisotopic (exact) mass is 292 g/mol. The first-order valence-electron chi connectivity index (χ1n) is 5.87. The van der Waals surface area contributed by atoms with Crippen molar-refractivity contribution < 1.29 is 4.92 Å². The molecular weight excluding hydrogens is 280 g/mol. The summed E-state index contributed by atoms with van der Waals surface area (Å²) in [5, 5.41) is 17.3. The highest BCUT2D eigenvalue weighted by Gasteiger charge is 2.17. The van der Waals surface area contributed by atoms with Gasteiger partial charge in [-0.05, 0) is 30.7 Å². The van der Waals surface area contributed by atoms with Gasteiger partial charge >= 0.3 is 5.69 Å². The zero-order chi connectivity index (χ0) is 14.7. The molecule has 2 aromatic rings. The third-order valence-electron chi connectivity index (χ3n) is 2.70. The molecule has 0 aliphatic carbocycles. The van der Waals surface area contributed by atoms with Crippen LogP contribution in [0, 0.1) is 17.0 Å². The molecule has 0 bridgehead atoms. The average Bonchev–Trinajstić information content (AvgIpc) is 2.42. The van der Waals surface area contributed by atoms with Gasteiger partial charge in [0, 0.05) is 13.1 Å². The van der Waals surface area contributed by atoms with E-state index in [1.165, 1.54) is 6.07 Å². The normalized spacial score (nSPS) is 10.2. The van der Waals surface area contributed by atoms with E-state index in [0.717, 1.165) is 5.56 Å². The number of pyridine rings is 1. The fourth-order valence-corrected chi connectivity index (χ4v) is 1.86. The van der Waals surface area contributed by atoms with Gasteiger partial charge in [0.2, 0.25) is 5.82 Å². The number of halogens is 1. The highest BCUT2D eigenvalue weighted by Crippen LogP contribution is 2.31. The van der Waals surface area contributed by atoms with Crippen molar-refractivity contribution in [3.8, 4) is 0 Å². The minimum atomic E-state index is -0.488. The summed E-state index contributed by atoms with van der Waals surface area (Å²) in [6.07, 6.45) is 0. The average molecular weight is 293 g/mol. The predicted molar refractivity (Wildman–Crippen MR) is 79.9 cm³/mol. The number of nitrogens with one attached hydrogen (secondary N) is 2. The lowest BCUT2D eigenvalue weighted by Gasteiger charge is -2.10. The summed E-state index contributed by atoms with van der Waals surface area (Å²) in [4.78, 5) is 14.7. The molecule has 20 heavy (non-hydrogen) atoms. The van der Waals surface area contributed by atoms with E-state index in [9.17, 15) is 10.1 Å². The van der Waals surface area contributed by atoms with E-state index in [4.69, 9.17) is 11.6 Å². The molecule has 0 saturated heterocycles. The summed E-state index contributed by atoms with van der Waals surface area (Å²) >= 11 is 6.08. The van der Waals surface area contributed by atoms with Crippen LogP contribution in [0.1, 0.15) is 5.56 Å². The van der Waals surface area contributed by atoms with E-state index in [0.29, 0.717) is 16.5 Å². The van der Waals surface area contributed by atoms with Crippen molar-refractivity contribution in [1.82, 2.24) is 4.98 Å². The lowest BCUT2D eigenvalue weighted by molar-refractivity contribution is -0.384. The molecule has 0 unspecified atom stereocenters. The minimum absolute atomic E-state index is 0.110. The minimum Gasteiger partial charge on any atom is -0.373 e. The van der Waals surface area contributed by atoms with Gasteiger partial charge < -0.3 is 10.6 Å². The van der Waals surface area contributed by atoms with Gasteiger partial charge in [-0.2, -0.15) is 0 Å². The largest absolute Gasteiger partial charge is 0.373 e. The van der Waals surface area contributed by atoms with Gasteiger partial charge in [0.15, 0.2) is 0 Å². The third-order valence-corrected chi connectivity index (χ3v) is 3.03. The van der Waals surface area contributed by atoms with Gasteiger partial charge in [0.1, 0.15) is 5.82 Å². The smallest absolute Gasteiger partial charge is 0.311 e. The lowest BCUT2D eigenvalue weighted by Crippen LogP contribution is -2.02. The standard InChI is InChI=1S/C13H13ClN4O2/c1-8-3-4-9(14)10(7-8)16-13-11(18(19)20)5-6-12(15-2)17-13/h3-7H,1-2H3,(H2,15,16,17). The Morgan fingerprint density at radius 2 is 2.05 bits per heavy atom. The van der Waals surface area contributed by atoms with E-state index in [1.807, 2.05) is 13.0 Å². The molecule has 0 aliphatic heterocycles. The highest BCUT2D eigenvalue weighted by molar-refractivity contribution is 6.33. The number of aromatic nitrogens is 1. The molecule has 0 saturated carbocycles. The van der Waals surface area contributed by atoms with Crippen molar-refractivity contribution in [3.63, 3.8) is 0 Å². The van der Waals surface area contributed by atoms with Crippen LogP contribution in [0.25, 0.3) is 0 Å². The molecule has 0 radical (unpaired) electrons. The number of nitro groups is 1. The van der Waals surface area contributed by atoms with Gasteiger partial charge in [-0.25, -0.2) is 4.98 Å². The first kappa shape index (κ1) is 14.1. The molecule has 104 valence electrons. The second kappa shape index (κ2) is 5.75. The first-order chi connectivity index (χ1) is 9.51. The van der Waals surface area contributed by atoms with Crippen molar-refractivity contribution in [2.24, 2.45) is 0 Å². The molecule has 1 aromatic heterocycles. The maximum absolute atomic E-state index is 11.0. The molecule has 0 spiro atoms. The molecule has 2 rings (SSSR count). The van der Waals surface area contributed by atoms with Gasteiger partial charge in [-0.3, -0.25) is 10.1 Å². The van der Waals surface area contributed by atoms with Crippen LogP contribution in [0.15, 0.2) is 30.3 Å². The molecule has 6 nitrogen and oxygen atoms in total. The zero-order valence-corrected chi connectivity index (χ0v) is 11.7. The molecule has 2 N–H and O–H groups in total. The molecule has 0 amide bonds. The van der Waals surface area contributed by atoms with E-state index in [-0.39, 0.29) is 11.5 Å². The van der Waals surface area contributed by atoms with Crippen molar-refractivity contribution in [2.75, 3.05) is 17.7 Å². The maximum Gasteiger partial charge on any atom is 0.311 e. The molecule has 0 atom stereocenters. The lowest BCUT2D eigenvalue weighted by atomic mass is 10.2. The van der Waals surface area contributed by atoms with Crippen molar-refractivity contribution in [2.45, 2.75) is 6.92 Å². The number of hydrogen-bond donors (Lipinski definition) is 2. The van der Waals surface area contributed by atoms with Crippen LogP contribution in [-0.4, -0.2) is 17.0 Å². The quantitative estimate of drug-likeness (QED) is 0.663. The summed E-state index contributed by atoms with van der Waals surface area (Å²) in [5.41, 5.74) is 1.46. The number of hydrogen-bond acceptors (Lipinski definition) is 5. The molecule has 0 aliphatic rings. The first-order valence-corrected chi connectivity index (χ1v) is 6.25. The number of nitrogens with zero attached hydrogens (tertiary/aromatic N) is 2. The second-order valence-electron chi connectivity index (χ2n) is 4.18. The topological polar surface area (TPSA) is 80.1 Å². The third kappa shape index (κ3) is 2.97. The number of anilines is 3. The molecule has 1 aromatic carbocycles. The van der Waals surface area contributed by atoms with Crippen LogP contribution in [0.5, 0.6) is 0 Å². The Kier molecular flexibility index (Phi) is 4.05. The summed E-state index contributed by atoms with van der Waals surface area (Å²) in [6, 6.07) is 8.33. The fraction of sp³-hybridized carbons (Fsp3) is 0.154. The molecular formula is C13H13ClN4O2. The Bertz CT molecular complexity index is 661. The number of benzene rings is 1. The fourth-order valence-electron chi connectivity index (χ4n) is 1.69. The van der Waals surface area contributed by atoms with Crippen molar-refractivity contribution in [1.29, 1.82) is 0 Å². The van der Waals surface area contributed by atoms with E-state index in [2.05, 4.69) is 15.6 Å². The summed E-state index contributed by atoms with van der Waals surface area (Å²) < 4.78 is 0. The zero-order valence-electron chi connectivity index (χ0n) is 11.0. The van der Waals surface area contributed by atoms with Crippen LogP contribution in [0.3, 0.4) is 0 Å². The summed E-state index contributed by atoms with van der Waals surface area (Å²) in [7, 11) is 1.69. The maximum atomic E-state index is 11.0. The molecule has 1 heterocycles. The Morgan fingerprint density at radius 3 is 2.70 bits per heavy atom. The SMILES string of the molecule is CNc1ccc([N+](=O)[O-])c(Nc2cc(C)ccc2Cl)n1. The second-order valence-corrected chi connectivity index (χ2v) is 4.59. The number of aryl methyl sites for hydroxylation is 1. The summed E-state index contributed by atoms with van der Waals surface area (Å²) in [5.74, 6) is 0.677. The van der Waals surface area contributed by atoms with E-state index in [1.54, 1.807) is 25.2 Å². The highest BCUT2D eigenvalue weighted by atomic mass is 35.5.